The Morgan fingerprint density at radius 2 is 1.94 bits per heavy atom. The Morgan fingerprint density at radius 1 is 1.22 bits per heavy atom. The number of nitrogens with two attached hydrogens (primary N) is 1. The van der Waals surface area contributed by atoms with Gasteiger partial charge in [0.1, 0.15) is 5.82 Å². The van der Waals surface area contributed by atoms with Gasteiger partial charge in [-0.05, 0) is 23.6 Å². The van der Waals surface area contributed by atoms with Gasteiger partial charge in [0.25, 0.3) is 0 Å². The Kier molecular flexibility index (Phi) is 4.05. The van der Waals surface area contributed by atoms with Gasteiger partial charge in [-0.3, -0.25) is 4.98 Å². The largest absolute Gasteiger partial charge is 0.320 e. The average Bonchev–Trinajstić information content (AvgIpc) is 2.40. The summed E-state index contributed by atoms with van der Waals surface area (Å²) in [5.41, 5.74) is 8.75. The Balaban J connectivity index is 2.23. The maximum Gasteiger partial charge on any atom is 0.146 e. The maximum atomic E-state index is 13.6. The molecule has 2 N–H and O–H groups in total. The third kappa shape index (κ3) is 2.74. The fourth-order valence-corrected chi connectivity index (χ4v) is 2.00. The average molecular weight is 244 g/mol. The zero-order chi connectivity index (χ0) is 13.0. The molecule has 1 aromatic carbocycles. The molecule has 2 aromatic rings. The summed E-state index contributed by atoms with van der Waals surface area (Å²) in [6.45, 7) is 2.14. The van der Waals surface area contributed by atoms with Crippen molar-refractivity contribution in [3.63, 3.8) is 0 Å². The number of halogens is 1. The van der Waals surface area contributed by atoms with Gasteiger partial charge >= 0.3 is 0 Å². The standard InChI is InChI=1S/C15H17FN2/c1-2-3-11-4-6-12(7-5-11)15(17)13-8-9-18-10-14(13)16/h4-10,15H,2-3,17H2,1H3. The highest BCUT2D eigenvalue weighted by Gasteiger charge is 2.13. The SMILES string of the molecule is CCCc1ccc(C(N)c2ccncc2F)cc1. The quantitative estimate of drug-likeness (QED) is 0.896. The minimum atomic E-state index is -0.441. The van der Waals surface area contributed by atoms with Gasteiger partial charge in [-0.25, -0.2) is 4.39 Å². The summed E-state index contributed by atoms with van der Waals surface area (Å²) in [7, 11) is 0. The minimum absolute atomic E-state index is 0.359. The summed E-state index contributed by atoms with van der Waals surface area (Å²) >= 11 is 0. The van der Waals surface area contributed by atoms with E-state index in [1.54, 1.807) is 12.3 Å². The molecule has 2 nitrogen and oxygen atoms in total. The first kappa shape index (κ1) is 12.7. The highest BCUT2D eigenvalue weighted by Crippen LogP contribution is 2.21. The fraction of sp³-hybridized carbons (Fsp3) is 0.267. The second kappa shape index (κ2) is 5.74. The maximum absolute atomic E-state index is 13.6. The van der Waals surface area contributed by atoms with E-state index in [1.165, 1.54) is 11.8 Å². The molecule has 0 saturated carbocycles. The van der Waals surface area contributed by atoms with Gasteiger partial charge < -0.3 is 5.73 Å². The Morgan fingerprint density at radius 3 is 2.56 bits per heavy atom. The van der Waals surface area contributed by atoms with Crippen LogP contribution < -0.4 is 5.73 Å². The Hall–Kier alpha value is -1.74. The van der Waals surface area contributed by atoms with Crippen molar-refractivity contribution in [1.29, 1.82) is 0 Å². The lowest BCUT2D eigenvalue weighted by atomic mass is 9.98. The van der Waals surface area contributed by atoms with E-state index in [0.717, 1.165) is 18.4 Å². The molecule has 0 bridgehead atoms. The van der Waals surface area contributed by atoms with Crippen LogP contribution in [0.3, 0.4) is 0 Å². The van der Waals surface area contributed by atoms with Gasteiger partial charge in [0, 0.05) is 11.8 Å². The van der Waals surface area contributed by atoms with Gasteiger partial charge in [-0.2, -0.15) is 0 Å². The van der Waals surface area contributed by atoms with E-state index in [0.29, 0.717) is 5.56 Å². The Labute approximate surface area is 107 Å². The summed E-state index contributed by atoms with van der Waals surface area (Å²) in [5, 5.41) is 0. The summed E-state index contributed by atoms with van der Waals surface area (Å²) < 4.78 is 13.6. The van der Waals surface area contributed by atoms with E-state index in [9.17, 15) is 4.39 Å². The van der Waals surface area contributed by atoms with E-state index in [4.69, 9.17) is 5.73 Å². The van der Waals surface area contributed by atoms with Crippen LogP contribution in [-0.2, 0) is 6.42 Å². The van der Waals surface area contributed by atoms with Crippen molar-refractivity contribution in [3.8, 4) is 0 Å². The summed E-state index contributed by atoms with van der Waals surface area (Å²) in [6, 6.07) is 9.23. The number of aromatic nitrogens is 1. The molecule has 0 spiro atoms. The summed E-state index contributed by atoms with van der Waals surface area (Å²) in [6.07, 6.45) is 4.92. The zero-order valence-corrected chi connectivity index (χ0v) is 10.4. The number of nitrogens with zero attached hydrogens (tertiary/aromatic N) is 1. The summed E-state index contributed by atoms with van der Waals surface area (Å²) in [5.74, 6) is -0.359. The number of benzene rings is 1. The molecule has 1 heterocycles. The van der Waals surface area contributed by atoms with Crippen molar-refractivity contribution >= 4 is 0 Å². The second-order valence-electron chi connectivity index (χ2n) is 4.37. The van der Waals surface area contributed by atoms with Gasteiger partial charge in [-0.1, -0.05) is 37.6 Å². The van der Waals surface area contributed by atoms with Crippen molar-refractivity contribution in [1.82, 2.24) is 4.98 Å². The number of rotatable bonds is 4. The molecule has 1 unspecified atom stereocenters. The molecule has 0 amide bonds. The van der Waals surface area contributed by atoms with Crippen molar-refractivity contribution in [2.75, 3.05) is 0 Å². The molecule has 0 aliphatic carbocycles. The van der Waals surface area contributed by atoms with Crippen LogP contribution >= 0.6 is 0 Å². The molecule has 1 aromatic heterocycles. The van der Waals surface area contributed by atoms with Crippen LogP contribution in [-0.4, -0.2) is 4.98 Å². The van der Waals surface area contributed by atoms with E-state index >= 15 is 0 Å². The predicted molar refractivity (Wildman–Crippen MR) is 70.7 cm³/mol. The molecule has 0 fully saturated rings. The number of aryl methyl sites for hydroxylation is 1. The number of pyridine rings is 1. The lowest BCUT2D eigenvalue weighted by Crippen LogP contribution is -2.13. The van der Waals surface area contributed by atoms with E-state index < -0.39 is 6.04 Å². The van der Waals surface area contributed by atoms with E-state index in [1.807, 2.05) is 12.1 Å². The molecular weight excluding hydrogens is 227 g/mol. The Bertz CT molecular complexity index is 508. The van der Waals surface area contributed by atoms with Crippen LogP contribution in [0.4, 0.5) is 4.39 Å². The van der Waals surface area contributed by atoms with Crippen LogP contribution in [0.1, 0.15) is 36.1 Å². The van der Waals surface area contributed by atoms with Crippen molar-refractivity contribution in [2.24, 2.45) is 5.73 Å². The molecule has 0 aliphatic heterocycles. The predicted octanol–water partition coefficient (Wildman–Crippen LogP) is 3.22. The molecule has 3 heteroatoms. The first-order valence-electron chi connectivity index (χ1n) is 6.16. The molecule has 0 aliphatic rings. The fourth-order valence-electron chi connectivity index (χ4n) is 2.00. The normalized spacial score (nSPS) is 12.4. The highest BCUT2D eigenvalue weighted by atomic mass is 19.1. The van der Waals surface area contributed by atoms with Crippen LogP contribution in [0.2, 0.25) is 0 Å². The lowest BCUT2D eigenvalue weighted by Gasteiger charge is -2.13. The van der Waals surface area contributed by atoms with E-state index in [2.05, 4.69) is 24.0 Å². The molecule has 0 saturated heterocycles. The second-order valence-corrected chi connectivity index (χ2v) is 4.37. The minimum Gasteiger partial charge on any atom is -0.320 e. The van der Waals surface area contributed by atoms with Gasteiger partial charge in [0.05, 0.1) is 12.2 Å². The lowest BCUT2D eigenvalue weighted by molar-refractivity contribution is 0.593. The molecule has 18 heavy (non-hydrogen) atoms. The van der Waals surface area contributed by atoms with Crippen LogP contribution in [0, 0.1) is 5.82 Å². The van der Waals surface area contributed by atoms with Gasteiger partial charge in [0.2, 0.25) is 0 Å². The van der Waals surface area contributed by atoms with Crippen LogP contribution in [0.5, 0.6) is 0 Å². The first-order valence-corrected chi connectivity index (χ1v) is 6.16. The van der Waals surface area contributed by atoms with Crippen LogP contribution in [0.25, 0.3) is 0 Å². The molecule has 94 valence electrons. The van der Waals surface area contributed by atoms with Crippen LogP contribution in [0.15, 0.2) is 42.7 Å². The summed E-state index contributed by atoms with van der Waals surface area (Å²) in [4.78, 5) is 3.73. The molecule has 2 rings (SSSR count). The third-order valence-electron chi connectivity index (χ3n) is 3.02. The van der Waals surface area contributed by atoms with Gasteiger partial charge in [0.15, 0.2) is 0 Å². The number of hydrogen-bond acceptors (Lipinski definition) is 2. The highest BCUT2D eigenvalue weighted by molar-refractivity contribution is 5.32. The monoisotopic (exact) mass is 244 g/mol. The molecular formula is C15H17FN2. The van der Waals surface area contributed by atoms with Gasteiger partial charge in [-0.15, -0.1) is 0 Å². The first-order chi connectivity index (χ1) is 8.72. The van der Waals surface area contributed by atoms with Crippen molar-refractivity contribution < 1.29 is 4.39 Å². The van der Waals surface area contributed by atoms with Crippen molar-refractivity contribution in [2.45, 2.75) is 25.8 Å². The van der Waals surface area contributed by atoms with E-state index in [-0.39, 0.29) is 5.82 Å². The van der Waals surface area contributed by atoms with Crippen molar-refractivity contribution in [3.05, 3.63) is 65.2 Å². The zero-order valence-electron chi connectivity index (χ0n) is 10.4. The molecule has 1 atom stereocenters. The third-order valence-corrected chi connectivity index (χ3v) is 3.02. The molecule has 0 radical (unpaired) electrons. The topological polar surface area (TPSA) is 38.9 Å². The number of hydrogen-bond donors (Lipinski definition) is 1. The smallest absolute Gasteiger partial charge is 0.146 e.